The molecule has 1 aliphatic rings. The Morgan fingerprint density at radius 3 is 2.19 bits per heavy atom. The van der Waals surface area contributed by atoms with Crippen LogP contribution >= 0.6 is 0 Å². The highest BCUT2D eigenvalue weighted by molar-refractivity contribution is 5.50. The zero-order chi connectivity index (χ0) is 15.7. The second-order valence-electron chi connectivity index (χ2n) is 5.75. The summed E-state index contributed by atoms with van der Waals surface area (Å²) in [6.07, 6.45) is 5.30. The van der Waals surface area contributed by atoms with E-state index < -0.39 is 0 Å². The van der Waals surface area contributed by atoms with Crippen LogP contribution in [0.2, 0.25) is 0 Å². The number of hydrogen-bond acceptors (Lipinski definition) is 4. The number of ether oxygens (including phenoxy) is 1. The molecule has 2 rings (SSSR count). The van der Waals surface area contributed by atoms with E-state index in [1.54, 1.807) is 0 Å². The third kappa shape index (κ3) is 6.82. The van der Waals surface area contributed by atoms with Crippen LogP contribution in [0.3, 0.4) is 0 Å². The molecule has 0 unspecified atom stereocenters. The highest BCUT2D eigenvalue weighted by Crippen LogP contribution is 2.15. The molecular formula is C17H24N2O2. The van der Waals surface area contributed by atoms with E-state index in [9.17, 15) is 4.79 Å². The lowest BCUT2D eigenvalue weighted by molar-refractivity contribution is -0.138. The molecule has 1 N–H and O–H groups in total. The van der Waals surface area contributed by atoms with Gasteiger partial charge in [-0.05, 0) is 45.0 Å². The molecule has 0 aliphatic carbocycles. The fourth-order valence-corrected chi connectivity index (χ4v) is 1.84. The molecule has 114 valence electrons. The van der Waals surface area contributed by atoms with E-state index in [1.165, 1.54) is 5.69 Å². The van der Waals surface area contributed by atoms with Gasteiger partial charge in [0.15, 0.2) is 0 Å². The standard InChI is InChI=1S/C12H14N2.C5H10O2/c1-2-11-3-5-12(6-4-11)14-9-7-13-8-10-14;1-5(2,3)7-4-6/h1,3-6,13H,7-10H2;4H,1-3H3. The van der Waals surface area contributed by atoms with Crippen LogP contribution in [-0.4, -0.2) is 38.3 Å². The van der Waals surface area contributed by atoms with E-state index in [2.05, 4.69) is 33.0 Å². The first kappa shape index (κ1) is 17.1. The van der Waals surface area contributed by atoms with Gasteiger partial charge < -0.3 is 15.0 Å². The summed E-state index contributed by atoms with van der Waals surface area (Å²) in [7, 11) is 0. The number of piperazine rings is 1. The van der Waals surface area contributed by atoms with Crippen LogP contribution in [0.1, 0.15) is 26.3 Å². The Morgan fingerprint density at radius 1 is 1.24 bits per heavy atom. The lowest BCUT2D eigenvalue weighted by Crippen LogP contribution is -2.43. The lowest BCUT2D eigenvalue weighted by atomic mass is 10.2. The fraction of sp³-hybridized carbons (Fsp3) is 0.471. The second-order valence-corrected chi connectivity index (χ2v) is 5.75. The van der Waals surface area contributed by atoms with Crippen molar-refractivity contribution in [3.05, 3.63) is 29.8 Å². The monoisotopic (exact) mass is 288 g/mol. The molecule has 1 saturated heterocycles. The summed E-state index contributed by atoms with van der Waals surface area (Å²) < 4.78 is 4.55. The summed E-state index contributed by atoms with van der Waals surface area (Å²) in [5.41, 5.74) is 1.90. The van der Waals surface area contributed by atoms with Gasteiger partial charge in [0.2, 0.25) is 0 Å². The zero-order valence-electron chi connectivity index (χ0n) is 13.1. The number of nitrogens with zero attached hydrogens (tertiary/aromatic N) is 1. The molecule has 1 aliphatic heterocycles. The van der Waals surface area contributed by atoms with Gasteiger partial charge in [-0.25, -0.2) is 0 Å². The van der Waals surface area contributed by atoms with Crippen molar-refractivity contribution >= 4 is 12.2 Å². The van der Waals surface area contributed by atoms with Crippen molar-refractivity contribution in [1.82, 2.24) is 5.32 Å². The van der Waals surface area contributed by atoms with Gasteiger partial charge in [-0.2, -0.15) is 0 Å². The molecular weight excluding hydrogens is 264 g/mol. The third-order valence-electron chi connectivity index (χ3n) is 2.92. The largest absolute Gasteiger partial charge is 0.462 e. The number of carbonyl (C=O) groups excluding carboxylic acids is 1. The Hall–Kier alpha value is -1.99. The van der Waals surface area contributed by atoms with Gasteiger partial charge in [-0.3, -0.25) is 4.79 Å². The Balaban J connectivity index is 0.000000270. The van der Waals surface area contributed by atoms with Gasteiger partial charge >= 0.3 is 0 Å². The van der Waals surface area contributed by atoms with Crippen molar-refractivity contribution in [2.75, 3.05) is 31.1 Å². The second kappa shape index (κ2) is 8.33. The van der Waals surface area contributed by atoms with Crippen LogP contribution < -0.4 is 10.2 Å². The summed E-state index contributed by atoms with van der Waals surface area (Å²) in [5, 5.41) is 3.33. The maximum absolute atomic E-state index is 9.60. The van der Waals surface area contributed by atoms with E-state index >= 15 is 0 Å². The van der Waals surface area contributed by atoms with Crippen LogP contribution in [0.25, 0.3) is 0 Å². The van der Waals surface area contributed by atoms with Crippen LogP contribution in [0.5, 0.6) is 0 Å². The Morgan fingerprint density at radius 2 is 1.81 bits per heavy atom. The summed E-state index contributed by atoms with van der Waals surface area (Å²) in [4.78, 5) is 12.0. The minimum Gasteiger partial charge on any atom is -0.462 e. The smallest absolute Gasteiger partial charge is 0.293 e. The Kier molecular flexibility index (Phi) is 6.77. The summed E-state index contributed by atoms with van der Waals surface area (Å²) in [6, 6.07) is 8.19. The first-order valence-electron chi connectivity index (χ1n) is 7.10. The molecule has 0 radical (unpaired) electrons. The lowest BCUT2D eigenvalue weighted by Gasteiger charge is -2.29. The van der Waals surface area contributed by atoms with E-state index in [4.69, 9.17) is 6.42 Å². The predicted octanol–water partition coefficient (Wildman–Crippen LogP) is 2.04. The van der Waals surface area contributed by atoms with E-state index in [0.717, 1.165) is 31.7 Å². The van der Waals surface area contributed by atoms with Gasteiger partial charge in [0.05, 0.1) is 0 Å². The summed E-state index contributed by atoms with van der Waals surface area (Å²) in [5.74, 6) is 2.63. The number of carbonyl (C=O) groups is 1. The van der Waals surface area contributed by atoms with Crippen molar-refractivity contribution in [2.24, 2.45) is 0 Å². The minimum atomic E-state index is -0.318. The molecule has 4 heteroatoms. The topological polar surface area (TPSA) is 41.6 Å². The molecule has 4 nitrogen and oxygen atoms in total. The van der Waals surface area contributed by atoms with Gasteiger partial charge in [0.25, 0.3) is 6.47 Å². The van der Waals surface area contributed by atoms with E-state index in [0.29, 0.717) is 6.47 Å². The third-order valence-corrected chi connectivity index (χ3v) is 2.92. The SMILES string of the molecule is C#Cc1ccc(N2CCNCC2)cc1.CC(C)(C)OC=O. The van der Waals surface area contributed by atoms with Crippen molar-refractivity contribution in [1.29, 1.82) is 0 Å². The van der Waals surface area contributed by atoms with Gasteiger partial charge in [-0.15, -0.1) is 6.42 Å². The highest BCUT2D eigenvalue weighted by atomic mass is 16.5. The molecule has 0 spiro atoms. The van der Waals surface area contributed by atoms with E-state index in [-0.39, 0.29) is 5.60 Å². The Bertz CT molecular complexity index is 463. The average Bonchev–Trinajstić information content (AvgIpc) is 2.48. The van der Waals surface area contributed by atoms with Crippen LogP contribution in [0.4, 0.5) is 5.69 Å². The van der Waals surface area contributed by atoms with Gasteiger partial charge in [0, 0.05) is 37.4 Å². The van der Waals surface area contributed by atoms with Gasteiger partial charge in [-0.1, -0.05) is 5.92 Å². The number of nitrogens with one attached hydrogen (secondary N) is 1. The number of rotatable bonds is 2. The fourth-order valence-electron chi connectivity index (χ4n) is 1.84. The molecule has 1 fully saturated rings. The quantitative estimate of drug-likeness (QED) is 0.668. The molecule has 1 aromatic carbocycles. The van der Waals surface area contributed by atoms with Crippen molar-refractivity contribution in [3.63, 3.8) is 0 Å². The number of hydrogen-bond donors (Lipinski definition) is 1. The zero-order valence-corrected chi connectivity index (χ0v) is 13.1. The molecule has 0 bridgehead atoms. The molecule has 1 aromatic rings. The first-order chi connectivity index (χ1) is 9.96. The molecule has 0 amide bonds. The van der Waals surface area contributed by atoms with E-state index in [1.807, 2.05) is 32.9 Å². The molecule has 21 heavy (non-hydrogen) atoms. The number of terminal acetylenes is 1. The number of benzene rings is 1. The minimum absolute atomic E-state index is 0.318. The molecule has 0 atom stereocenters. The van der Waals surface area contributed by atoms with Crippen molar-refractivity contribution in [2.45, 2.75) is 26.4 Å². The maximum atomic E-state index is 9.60. The molecule has 0 saturated carbocycles. The first-order valence-corrected chi connectivity index (χ1v) is 7.10. The molecule has 0 aromatic heterocycles. The number of anilines is 1. The molecule has 1 heterocycles. The van der Waals surface area contributed by atoms with Crippen molar-refractivity contribution < 1.29 is 9.53 Å². The van der Waals surface area contributed by atoms with Crippen molar-refractivity contribution in [3.8, 4) is 12.3 Å². The summed E-state index contributed by atoms with van der Waals surface area (Å²) in [6.45, 7) is 10.2. The highest BCUT2D eigenvalue weighted by Gasteiger charge is 2.09. The normalized spacial score (nSPS) is 14.5. The average molecular weight is 288 g/mol. The predicted molar refractivity (Wildman–Crippen MR) is 86.4 cm³/mol. The van der Waals surface area contributed by atoms with Crippen LogP contribution in [0, 0.1) is 12.3 Å². The maximum Gasteiger partial charge on any atom is 0.293 e. The Labute approximate surface area is 127 Å². The van der Waals surface area contributed by atoms with Crippen LogP contribution in [0.15, 0.2) is 24.3 Å². The van der Waals surface area contributed by atoms with Gasteiger partial charge in [0.1, 0.15) is 5.60 Å². The van der Waals surface area contributed by atoms with Crippen LogP contribution in [-0.2, 0) is 9.53 Å². The summed E-state index contributed by atoms with van der Waals surface area (Å²) >= 11 is 0.